The lowest BCUT2D eigenvalue weighted by molar-refractivity contribution is -0.0505. The van der Waals surface area contributed by atoms with E-state index in [4.69, 9.17) is 4.99 Å². The zero-order valence-corrected chi connectivity index (χ0v) is 24.6. The molecule has 3 heterocycles. The summed E-state index contributed by atoms with van der Waals surface area (Å²) in [5, 5.41) is 2.89. The minimum atomic E-state index is -2.91. The highest BCUT2D eigenvalue weighted by molar-refractivity contribution is 9.10. The second-order valence-corrected chi connectivity index (χ2v) is 11.7. The molecule has 216 valence electrons. The second-order valence-electron chi connectivity index (χ2n) is 9.91. The molecule has 3 aromatic rings. The smallest absolute Gasteiger partial charge is 0.387 e. The summed E-state index contributed by atoms with van der Waals surface area (Å²) < 4.78 is 61.1. The van der Waals surface area contributed by atoms with Crippen LogP contribution < -0.4 is 9.47 Å². The van der Waals surface area contributed by atoms with Gasteiger partial charge in [-0.25, -0.2) is 4.99 Å². The molecular weight excluding hydrogens is 634 g/mol. The molecule has 42 heavy (non-hydrogen) atoms. The molecule has 6 rings (SSSR count). The lowest BCUT2D eigenvalue weighted by Crippen LogP contribution is -2.40. The van der Waals surface area contributed by atoms with Gasteiger partial charge in [0, 0.05) is 23.0 Å². The third-order valence-corrected chi connectivity index (χ3v) is 8.40. The largest absolute Gasteiger partial charge is 0.435 e. The predicted octanol–water partition coefficient (Wildman–Crippen LogP) is 8.39. The second kappa shape index (κ2) is 12.0. The number of benzene rings is 3. The summed E-state index contributed by atoms with van der Waals surface area (Å²) in [6, 6.07) is 21.1. The summed E-state index contributed by atoms with van der Waals surface area (Å²) in [6.45, 7) is -4.52. The lowest BCUT2D eigenvalue weighted by Gasteiger charge is -2.42. The standard InChI is InChI=1S/C31H24BrF4N3O2S/c1-38-15-21(14-18-2-10-23(11-3-18)40-29(33)34)27-25(16-38)28(20-6-12-24(13-7-20)41-30(35)36)39-26(17-42-31(39)37-27)19-4-8-22(32)9-5-19/h2-14,17,28-30H,15-16H2,1H3/b21-14+/t28-/m1/s1. The molecule has 11 heteroatoms. The van der Waals surface area contributed by atoms with Gasteiger partial charge in [-0.1, -0.05) is 64.1 Å². The van der Waals surface area contributed by atoms with Gasteiger partial charge in [0.1, 0.15) is 11.5 Å². The Hall–Kier alpha value is -3.54. The number of aliphatic imine (C=N–C) groups is 1. The van der Waals surface area contributed by atoms with Crippen molar-refractivity contribution in [3.05, 3.63) is 116 Å². The van der Waals surface area contributed by atoms with E-state index in [9.17, 15) is 17.6 Å². The predicted molar refractivity (Wildman–Crippen MR) is 160 cm³/mol. The Kier molecular flexibility index (Phi) is 8.15. The number of rotatable bonds is 7. The molecule has 0 saturated heterocycles. The summed E-state index contributed by atoms with van der Waals surface area (Å²) in [7, 11) is 2.03. The van der Waals surface area contributed by atoms with Crippen molar-refractivity contribution in [2.24, 2.45) is 4.99 Å². The first kappa shape index (κ1) is 28.6. The van der Waals surface area contributed by atoms with Crippen LogP contribution in [0.25, 0.3) is 11.8 Å². The first-order valence-corrected chi connectivity index (χ1v) is 14.7. The average Bonchev–Trinajstić information content (AvgIpc) is 3.37. The SMILES string of the molecule is CN1CC2=C(N=C3SC=C(c4ccc(Br)cc4)N3[C@@H]2c2ccc(OC(F)F)cc2)/C(=C/c2ccc(OC(F)F)cc2)C1. The molecule has 3 aliphatic rings. The number of alkyl halides is 4. The van der Waals surface area contributed by atoms with E-state index in [0.717, 1.165) is 48.9 Å². The highest BCUT2D eigenvalue weighted by Crippen LogP contribution is 2.49. The number of thioether (sulfide) groups is 1. The van der Waals surface area contributed by atoms with E-state index in [1.54, 1.807) is 24.3 Å². The molecule has 0 radical (unpaired) electrons. The number of fused-ring (bicyclic) bond motifs is 1. The summed E-state index contributed by atoms with van der Waals surface area (Å²) in [5.74, 6) is 0.183. The van der Waals surface area contributed by atoms with E-state index >= 15 is 0 Å². The quantitative estimate of drug-likeness (QED) is 0.239. The van der Waals surface area contributed by atoms with Gasteiger partial charge < -0.3 is 14.4 Å². The van der Waals surface area contributed by atoms with E-state index < -0.39 is 13.2 Å². The molecule has 0 bridgehead atoms. The van der Waals surface area contributed by atoms with Crippen molar-refractivity contribution in [1.82, 2.24) is 9.80 Å². The first-order valence-electron chi connectivity index (χ1n) is 13.0. The number of amidine groups is 1. The van der Waals surface area contributed by atoms with Crippen LogP contribution in [0.4, 0.5) is 17.6 Å². The Morgan fingerprint density at radius 2 is 1.50 bits per heavy atom. The van der Waals surface area contributed by atoms with E-state index in [2.05, 4.69) is 40.6 Å². The molecule has 1 atom stereocenters. The molecule has 5 nitrogen and oxygen atoms in total. The fourth-order valence-corrected chi connectivity index (χ4v) is 6.52. The van der Waals surface area contributed by atoms with Gasteiger partial charge in [-0.15, -0.1) is 0 Å². The highest BCUT2D eigenvalue weighted by atomic mass is 79.9. The third-order valence-electron chi connectivity index (χ3n) is 7.03. The fraction of sp³-hybridized carbons (Fsp3) is 0.194. The molecular formula is C31H24BrF4N3O2S. The maximum absolute atomic E-state index is 12.9. The van der Waals surface area contributed by atoms with Gasteiger partial charge in [-0.3, -0.25) is 4.90 Å². The van der Waals surface area contributed by atoms with Crippen molar-refractivity contribution in [2.45, 2.75) is 19.3 Å². The van der Waals surface area contributed by atoms with Crippen molar-refractivity contribution >= 4 is 44.6 Å². The van der Waals surface area contributed by atoms with Crippen LogP contribution in [0.5, 0.6) is 11.5 Å². The van der Waals surface area contributed by atoms with Gasteiger partial charge in [-0.05, 0) is 77.4 Å². The summed E-state index contributed by atoms with van der Waals surface area (Å²) in [4.78, 5) is 9.53. The molecule has 0 N–H and O–H groups in total. The Morgan fingerprint density at radius 1 is 0.881 bits per heavy atom. The molecule has 3 aromatic carbocycles. The molecule has 0 saturated carbocycles. The first-order chi connectivity index (χ1) is 20.2. The fourth-order valence-electron chi connectivity index (χ4n) is 5.33. The van der Waals surface area contributed by atoms with Crippen molar-refractivity contribution < 1.29 is 27.0 Å². The van der Waals surface area contributed by atoms with Crippen molar-refractivity contribution in [1.29, 1.82) is 0 Å². The number of hydrogen-bond donors (Lipinski definition) is 0. The number of nitrogens with zero attached hydrogens (tertiary/aromatic N) is 3. The van der Waals surface area contributed by atoms with Crippen LogP contribution in [-0.4, -0.2) is 48.3 Å². The van der Waals surface area contributed by atoms with Gasteiger partial charge >= 0.3 is 13.2 Å². The number of likely N-dealkylation sites (N-methyl/N-ethyl adjacent to an activating group) is 1. The van der Waals surface area contributed by atoms with E-state index in [-0.39, 0.29) is 17.5 Å². The third kappa shape index (κ3) is 5.99. The molecule has 0 aromatic heterocycles. The molecule has 0 spiro atoms. The van der Waals surface area contributed by atoms with Crippen LogP contribution in [-0.2, 0) is 0 Å². The van der Waals surface area contributed by atoms with Gasteiger partial charge in [0.15, 0.2) is 5.17 Å². The van der Waals surface area contributed by atoms with Gasteiger partial charge in [-0.2, -0.15) is 17.6 Å². The zero-order valence-electron chi connectivity index (χ0n) is 22.2. The molecule has 3 aliphatic heterocycles. The van der Waals surface area contributed by atoms with Crippen LogP contribution in [0, 0.1) is 0 Å². The van der Waals surface area contributed by atoms with Gasteiger partial charge in [0.2, 0.25) is 0 Å². The maximum atomic E-state index is 12.9. The van der Waals surface area contributed by atoms with Crippen LogP contribution >= 0.6 is 27.7 Å². The molecule has 0 unspecified atom stereocenters. The van der Waals surface area contributed by atoms with E-state index in [0.29, 0.717) is 13.1 Å². The Balaban J connectivity index is 1.43. The topological polar surface area (TPSA) is 37.3 Å². The monoisotopic (exact) mass is 657 g/mol. The number of hydrogen-bond acceptors (Lipinski definition) is 6. The summed E-state index contributed by atoms with van der Waals surface area (Å²) in [6.07, 6.45) is 2.01. The minimum absolute atomic E-state index is 0.0905. The Bertz CT molecular complexity index is 1590. The number of halogens is 5. The maximum Gasteiger partial charge on any atom is 0.387 e. The molecule has 0 amide bonds. The normalized spacial score (nSPS) is 19.7. The minimum Gasteiger partial charge on any atom is -0.435 e. The summed E-state index contributed by atoms with van der Waals surface area (Å²) >= 11 is 5.04. The van der Waals surface area contributed by atoms with Gasteiger partial charge in [0.05, 0.1) is 17.4 Å². The lowest BCUT2D eigenvalue weighted by atomic mass is 9.88. The highest BCUT2D eigenvalue weighted by Gasteiger charge is 2.41. The number of ether oxygens (including phenoxy) is 2. The van der Waals surface area contributed by atoms with Crippen LogP contribution in [0.1, 0.15) is 22.7 Å². The van der Waals surface area contributed by atoms with Gasteiger partial charge in [0.25, 0.3) is 0 Å². The van der Waals surface area contributed by atoms with Crippen molar-refractivity contribution in [3.63, 3.8) is 0 Å². The van der Waals surface area contributed by atoms with E-state index in [1.807, 2.05) is 49.5 Å². The van der Waals surface area contributed by atoms with Crippen LogP contribution in [0.15, 0.2) is 105 Å². The zero-order chi connectivity index (χ0) is 29.4. The molecule has 0 aliphatic carbocycles. The van der Waals surface area contributed by atoms with Crippen LogP contribution in [0.3, 0.4) is 0 Å². The molecule has 0 fully saturated rings. The Labute approximate surface area is 252 Å². The Morgan fingerprint density at radius 3 is 2.12 bits per heavy atom. The van der Waals surface area contributed by atoms with Crippen LogP contribution in [0.2, 0.25) is 0 Å². The van der Waals surface area contributed by atoms with Crippen molar-refractivity contribution in [2.75, 3.05) is 20.1 Å². The average molecular weight is 659 g/mol. The van der Waals surface area contributed by atoms with Crippen molar-refractivity contribution in [3.8, 4) is 11.5 Å². The summed E-state index contributed by atoms with van der Waals surface area (Å²) in [5.41, 5.74) is 6.65. The van der Waals surface area contributed by atoms with E-state index in [1.165, 1.54) is 23.9 Å².